The molecule has 0 fully saturated rings. The molecule has 0 aromatic heterocycles. The Morgan fingerprint density at radius 1 is 1.13 bits per heavy atom. The molecule has 0 aliphatic rings. The number of phenols is 2. The summed E-state index contributed by atoms with van der Waals surface area (Å²) < 4.78 is 4.97. The van der Waals surface area contributed by atoms with Crippen LogP contribution in [0.4, 0.5) is 0 Å². The fourth-order valence-corrected chi connectivity index (χ4v) is 2.59. The fraction of sp³-hybridized carbons (Fsp3) is 0.611. The largest absolute Gasteiger partial charge is 0.508 e. The van der Waals surface area contributed by atoms with E-state index in [0.29, 0.717) is 12.0 Å². The minimum absolute atomic E-state index is 0.0533. The minimum Gasteiger partial charge on any atom is -0.508 e. The van der Waals surface area contributed by atoms with Gasteiger partial charge in [-0.3, -0.25) is 0 Å². The zero-order valence-electron chi connectivity index (χ0n) is 14.0. The van der Waals surface area contributed by atoms with Crippen LogP contribution in [0.25, 0.3) is 0 Å². The van der Waals surface area contributed by atoms with Crippen molar-refractivity contribution in [3.8, 4) is 11.5 Å². The van der Waals surface area contributed by atoms with E-state index in [0.717, 1.165) is 44.6 Å². The number of unbranched alkanes of at least 4 members (excludes halogenated alkanes) is 4. The Morgan fingerprint density at radius 2 is 1.78 bits per heavy atom. The highest BCUT2D eigenvalue weighted by Crippen LogP contribution is 2.29. The van der Waals surface area contributed by atoms with Crippen LogP contribution in [0, 0.1) is 0 Å². The lowest BCUT2D eigenvalue weighted by molar-refractivity contribution is 0.0521. The number of carbonyl (C=O) groups excluding carboxylic acids is 1. The van der Waals surface area contributed by atoms with Gasteiger partial charge in [0, 0.05) is 6.07 Å². The van der Waals surface area contributed by atoms with Crippen LogP contribution in [0.3, 0.4) is 0 Å². The molecule has 23 heavy (non-hydrogen) atoms. The summed E-state index contributed by atoms with van der Waals surface area (Å²) in [5.74, 6) is -0.852. The van der Waals surface area contributed by atoms with E-state index in [4.69, 9.17) is 4.74 Å². The predicted molar refractivity (Wildman–Crippen MR) is 88.8 cm³/mol. The zero-order chi connectivity index (χ0) is 17.2. The molecule has 1 atom stereocenters. The van der Waals surface area contributed by atoms with Gasteiger partial charge in [-0.2, -0.15) is 0 Å². The van der Waals surface area contributed by atoms with Crippen LogP contribution in [-0.2, 0) is 11.2 Å². The molecule has 0 spiro atoms. The number of carbonyl (C=O) groups is 1. The van der Waals surface area contributed by atoms with Gasteiger partial charge in [0.15, 0.2) is 0 Å². The molecule has 0 aliphatic heterocycles. The lowest BCUT2D eigenvalue weighted by Gasteiger charge is -2.11. The minimum atomic E-state index is -0.558. The molecule has 0 radical (unpaired) electrons. The van der Waals surface area contributed by atoms with Gasteiger partial charge in [0.1, 0.15) is 17.1 Å². The SMILES string of the molecule is CCOC(=O)c1c(O)cc(O)cc1CCCCCCC[C@H](C)O. The number of hydrogen-bond acceptors (Lipinski definition) is 5. The van der Waals surface area contributed by atoms with Gasteiger partial charge >= 0.3 is 5.97 Å². The number of esters is 1. The predicted octanol–water partition coefficient (Wildman–Crippen LogP) is 3.54. The number of aryl methyl sites for hydroxylation is 1. The van der Waals surface area contributed by atoms with E-state index in [1.165, 1.54) is 6.07 Å². The number of aliphatic hydroxyl groups is 1. The number of hydrogen-bond donors (Lipinski definition) is 3. The molecule has 5 nitrogen and oxygen atoms in total. The Labute approximate surface area is 137 Å². The Kier molecular flexibility index (Phi) is 8.48. The molecule has 0 amide bonds. The first-order valence-electron chi connectivity index (χ1n) is 8.35. The van der Waals surface area contributed by atoms with E-state index < -0.39 is 5.97 Å². The van der Waals surface area contributed by atoms with Crippen molar-refractivity contribution in [1.82, 2.24) is 0 Å². The number of rotatable bonds is 10. The first-order valence-corrected chi connectivity index (χ1v) is 8.35. The van der Waals surface area contributed by atoms with Crippen molar-refractivity contribution >= 4 is 5.97 Å². The molecule has 3 N–H and O–H groups in total. The maximum absolute atomic E-state index is 11.9. The highest BCUT2D eigenvalue weighted by molar-refractivity contribution is 5.94. The molecule has 1 aromatic carbocycles. The number of ether oxygens (including phenoxy) is 1. The maximum Gasteiger partial charge on any atom is 0.342 e. The van der Waals surface area contributed by atoms with Crippen molar-refractivity contribution in [2.45, 2.75) is 64.9 Å². The lowest BCUT2D eigenvalue weighted by Crippen LogP contribution is -2.08. The Balaban J connectivity index is 2.53. The summed E-state index contributed by atoms with van der Waals surface area (Å²) in [7, 11) is 0. The van der Waals surface area contributed by atoms with Gasteiger partial charge in [0.2, 0.25) is 0 Å². The standard InChI is InChI=1S/C18H28O5/c1-3-23-18(22)17-14(11-15(20)12-16(17)21)10-8-6-4-5-7-9-13(2)19/h11-13,19-21H,3-10H2,1-2H3/t13-/m0/s1. The van der Waals surface area contributed by atoms with Gasteiger partial charge < -0.3 is 20.1 Å². The molecule has 130 valence electrons. The molecular formula is C18H28O5. The van der Waals surface area contributed by atoms with Crippen LogP contribution in [0.15, 0.2) is 12.1 Å². The lowest BCUT2D eigenvalue weighted by atomic mass is 9.99. The summed E-state index contributed by atoms with van der Waals surface area (Å²) >= 11 is 0. The van der Waals surface area contributed by atoms with Crippen LogP contribution in [0.1, 0.15) is 68.3 Å². The molecule has 0 saturated heterocycles. The van der Waals surface area contributed by atoms with E-state index in [-0.39, 0.29) is 29.8 Å². The van der Waals surface area contributed by atoms with E-state index in [1.54, 1.807) is 13.8 Å². The quantitative estimate of drug-likeness (QED) is 0.452. The number of benzene rings is 1. The monoisotopic (exact) mass is 324 g/mol. The Morgan fingerprint density at radius 3 is 2.43 bits per heavy atom. The summed E-state index contributed by atoms with van der Waals surface area (Å²) in [4.78, 5) is 11.9. The fourth-order valence-electron chi connectivity index (χ4n) is 2.59. The summed E-state index contributed by atoms with van der Waals surface area (Å²) in [6.07, 6.45) is 6.20. The first kappa shape index (κ1) is 19.3. The van der Waals surface area contributed by atoms with Crippen molar-refractivity contribution < 1.29 is 24.9 Å². The van der Waals surface area contributed by atoms with E-state index in [1.807, 2.05) is 0 Å². The normalized spacial score (nSPS) is 12.1. The molecule has 1 rings (SSSR count). The second-order valence-corrected chi connectivity index (χ2v) is 5.87. The van der Waals surface area contributed by atoms with Crippen molar-refractivity contribution in [3.05, 3.63) is 23.3 Å². The summed E-state index contributed by atoms with van der Waals surface area (Å²) in [5, 5.41) is 28.7. The van der Waals surface area contributed by atoms with Crippen LogP contribution < -0.4 is 0 Å². The van der Waals surface area contributed by atoms with E-state index in [9.17, 15) is 20.1 Å². The average Bonchev–Trinajstić information content (AvgIpc) is 2.45. The molecule has 0 saturated carbocycles. The average molecular weight is 324 g/mol. The first-order chi connectivity index (χ1) is 11.0. The van der Waals surface area contributed by atoms with Gasteiger partial charge in [-0.15, -0.1) is 0 Å². The van der Waals surface area contributed by atoms with Gasteiger partial charge in [-0.25, -0.2) is 4.79 Å². The van der Waals surface area contributed by atoms with Crippen molar-refractivity contribution in [3.63, 3.8) is 0 Å². The second-order valence-electron chi connectivity index (χ2n) is 5.87. The summed E-state index contributed by atoms with van der Waals surface area (Å²) in [6.45, 7) is 3.75. The van der Waals surface area contributed by atoms with Crippen molar-refractivity contribution in [1.29, 1.82) is 0 Å². The van der Waals surface area contributed by atoms with Gasteiger partial charge in [0.05, 0.1) is 12.7 Å². The maximum atomic E-state index is 11.9. The topological polar surface area (TPSA) is 87.0 Å². The highest BCUT2D eigenvalue weighted by Gasteiger charge is 2.18. The van der Waals surface area contributed by atoms with Crippen LogP contribution in [0.2, 0.25) is 0 Å². The molecule has 0 heterocycles. The zero-order valence-corrected chi connectivity index (χ0v) is 14.0. The summed E-state index contributed by atoms with van der Waals surface area (Å²) in [6, 6.07) is 2.67. The van der Waals surface area contributed by atoms with Crippen LogP contribution in [-0.4, -0.2) is 34.0 Å². The number of phenolic OH excluding ortho intramolecular Hbond substituents is 2. The third kappa shape index (κ3) is 6.91. The second kappa shape index (κ2) is 10.1. The summed E-state index contributed by atoms with van der Waals surface area (Å²) in [5.41, 5.74) is 0.767. The molecule has 1 aromatic rings. The smallest absolute Gasteiger partial charge is 0.342 e. The van der Waals surface area contributed by atoms with Crippen molar-refractivity contribution in [2.24, 2.45) is 0 Å². The third-order valence-electron chi connectivity index (χ3n) is 3.73. The highest BCUT2D eigenvalue weighted by atomic mass is 16.5. The van der Waals surface area contributed by atoms with Gasteiger partial charge in [0.25, 0.3) is 0 Å². The Bertz CT molecular complexity index is 496. The van der Waals surface area contributed by atoms with Gasteiger partial charge in [-0.05, 0) is 44.7 Å². The van der Waals surface area contributed by atoms with Gasteiger partial charge in [-0.1, -0.05) is 25.7 Å². The van der Waals surface area contributed by atoms with E-state index in [2.05, 4.69) is 0 Å². The Hall–Kier alpha value is -1.75. The van der Waals surface area contributed by atoms with E-state index >= 15 is 0 Å². The molecule has 0 bridgehead atoms. The number of aliphatic hydroxyl groups excluding tert-OH is 1. The third-order valence-corrected chi connectivity index (χ3v) is 3.73. The number of aromatic hydroxyl groups is 2. The van der Waals surface area contributed by atoms with Crippen LogP contribution >= 0.6 is 0 Å². The molecule has 0 unspecified atom stereocenters. The molecule has 5 heteroatoms. The van der Waals surface area contributed by atoms with Crippen LogP contribution in [0.5, 0.6) is 11.5 Å². The van der Waals surface area contributed by atoms with Crippen molar-refractivity contribution in [2.75, 3.05) is 6.61 Å². The molecular weight excluding hydrogens is 296 g/mol. The molecule has 0 aliphatic carbocycles.